The summed E-state index contributed by atoms with van der Waals surface area (Å²) in [5, 5.41) is 8.59. The van der Waals surface area contributed by atoms with Crippen molar-refractivity contribution in [3.8, 4) is 5.75 Å². The van der Waals surface area contributed by atoms with Crippen molar-refractivity contribution in [2.75, 3.05) is 23.8 Å². The van der Waals surface area contributed by atoms with Crippen molar-refractivity contribution >= 4 is 74.0 Å². The number of nitrogens with zero attached hydrogens (tertiary/aromatic N) is 4. The van der Waals surface area contributed by atoms with Crippen LogP contribution in [0.3, 0.4) is 0 Å². The van der Waals surface area contributed by atoms with Crippen molar-refractivity contribution in [1.29, 1.82) is 0 Å². The predicted octanol–water partition coefficient (Wildman–Crippen LogP) is 6.40. The average molecular weight is 725 g/mol. The van der Waals surface area contributed by atoms with E-state index in [-0.39, 0.29) is 24.1 Å². The van der Waals surface area contributed by atoms with E-state index >= 15 is 0 Å². The molecule has 5 rings (SSSR count). The zero-order valence-electron chi connectivity index (χ0n) is 24.7. The summed E-state index contributed by atoms with van der Waals surface area (Å²) in [5.41, 5.74) is 3.91. The molecule has 0 saturated heterocycles. The summed E-state index contributed by atoms with van der Waals surface area (Å²) in [6, 6.07) is 16.3. The number of nitrogens with one attached hydrogen (secondary N) is 3. The SMILES string of the molecule is Cc1nc2c(OCc3c(Cl)ccc(N(C)C(=O)CNC(=O)Nc4cccc(C(=O)NCc5cccnc5)c4)c3Cl)cccn2c1Br. The van der Waals surface area contributed by atoms with Gasteiger partial charge in [-0.15, -0.1) is 0 Å². The number of likely N-dealkylation sites (N-methyl/N-ethyl adjacent to an activating group) is 1. The number of aromatic nitrogens is 3. The molecule has 3 aromatic heterocycles. The van der Waals surface area contributed by atoms with Crippen LogP contribution in [0, 0.1) is 6.92 Å². The number of aryl methyl sites for hydroxylation is 1. The van der Waals surface area contributed by atoms with Gasteiger partial charge in [-0.2, -0.15) is 0 Å². The van der Waals surface area contributed by atoms with Gasteiger partial charge in [0.2, 0.25) is 5.91 Å². The van der Waals surface area contributed by atoms with Crippen LogP contribution in [-0.4, -0.2) is 45.8 Å². The number of fused-ring (bicyclic) bond motifs is 1. The Kier molecular flexibility index (Phi) is 10.4. The van der Waals surface area contributed by atoms with Gasteiger partial charge >= 0.3 is 6.03 Å². The molecule has 0 aliphatic rings. The van der Waals surface area contributed by atoms with E-state index in [1.54, 1.807) is 61.9 Å². The summed E-state index contributed by atoms with van der Waals surface area (Å²) in [6.07, 6.45) is 5.19. The van der Waals surface area contributed by atoms with Crippen LogP contribution in [0.25, 0.3) is 5.65 Å². The van der Waals surface area contributed by atoms with Crippen LogP contribution in [0.5, 0.6) is 5.75 Å². The van der Waals surface area contributed by atoms with Crippen LogP contribution in [0.2, 0.25) is 10.0 Å². The summed E-state index contributed by atoms with van der Waals surface area (Å²) in [6.45, 7) is 1.90. The van der Waals surface area contributed by atoms with E-state index in [2.05, 4.69) is 41.8 Å². The first-order valence-electron chi connectivity index (χ1n) is 13.9. The first kappa shape index (κ1) is 32.7. The molecular weight excluding hydrogens is 697 g/mol. The molecule has 0 saturated carbocycles. The highest BCUT2D eigenvalue weighted by Gasteiger charge is 2.20. The Morgan fingerprint density at radius 3 is 2.65 bits per heavy atom. The van der Waals surface area contributed by atoms with E-state index in [1.165, 1.54) is 11.0 Å². The first-order valence-corrected chi connectivity index (χ1v) is 15.5. The lowest BCUT2D eigenvalue weighted by atomic mass is 10.2. The highest BCUT2D eigenvalue weighted by molar-refractivity contribution is 9.10. The molecule has 0 aliphatic heterocycles. The van der Waals surface area contributed by atoms with E-state index in [0.717, 1.165) is 15.9 Å². The van der Waals surface area contributed by atoms with Gasteiger partial charge in [0.1, 0.15) is 11.2 Å². The quantitative estimate of drug-likeness (QED) is 0.153. The second-order valence-electron chi connectivity index (χ2n) is 10.1. The number of amides is 4. The number of hydrogen-bond donors (Lipinski definition) is 3. The maximum absolute atomic E-state index is 13.0. The summed E-state index contributed by atoms with van der Waals surface area (Å²) in [5.74, 6) is -0.210. The third kappa shape index (κ3) is 7.58. The van der Waals surface area contributed by atoms with Gasteiger partial charge in [-0.05, 0) is 76.9 Å². The van der Waals surface area contributed by atoms with E-state index in [4.69, 9.17) is 27.9 Å². The fourth-order valence-electron chi connectivity index (χ4n) is 4.48. The number of imidazole rings is 1. The molecular formula is C32H28BrCl2N7O4. The monoisotopic (exact) mass is 723 g/mol. The van der Waals surface area contributed by atoms with E-state index in [0.29, 0.717) is 45.5 Å². The molecule has 14 heteroatoms. The summed E-state index contributed by atoms with van der Waals surface area (Å²) in [7, 11) is 1.54. The van der Waals surface area contributed by atoms with E-state index in [1.807, 2.05) is 29.7 Å². The molecule has 0 bridgehead atoms. The van der Waals surface area contributed by atoms with Gasteiger partial charge in [0.25, 0.3) is 5.91 Å². The lowest BCUT2D eigenvalue weighted by Crippen LogP contribution is -2.40. The van der Waals surface area contributed by atoms with Crippen LogP contribution in [0.1, 0.15) is 27.2 Å². The number of urea groups is 1. The number of benzene rings is 2. The Morgan fingerprint density at radius 2 is 1.87 bits per heavy atom. The Morgan fingerprint density at radius 1 is 1.04 bits per heavy atom. The number of hydrogen-bond acceptors (Lipinski definition) is 6. The number of pyridine rings is 2. The minimum atomic E-state index is -0.624. The van der Waals surface area contributed by atoms with Gasteiger partial charge in [0.15, 0.2) is 11.4 Å². The van der Waals surface area contributed by atoms with Gasteiger partial charge in [0.05, 0.1) is 22.9 Å². The molecule has 4 amide bonds. The maximum Gasteiger partial charge on any atom is 0.319 e. The van der Waals surface area contributed by atoms with Crippen LogP contribution < -0.4 is 25.6 Å². The molecule has 236 valence electrons. The summed E-state index contributed by atoms with van der Waals surface area (Å²) < 4.78 is 8.73. The first-order chi connectivity index (χ1) is 22.1. The Bertz CT molecular complexity index is 1920. The van der Waals surface area contributed by atoms with Crippen molar-refractivity contribution in [2.45, 2.75) is 20.1 Å². The fourth-order valence-corrected chi connectivity index (χ4v) is 5.46. The minimum absolute atomic E-state index is 0.0257. The number of rotatable bonds is 10. The van der Waals surface area contributed by atoms with Gasteiger partial charge in [0, 0.05) is 54.0 Å². The number of carbonyl (C=O) groups excluding carboxylic acids is 3. The minimum Gasteiger partial charge on any atom is -0.485 e. The lowest BCUT2D eigenvalue weighted by Gasteiger charge is -2.21. The van der Waals surface area contributed by atoms with Crippen LogP contribution in [-0.2, 0) is 17.9 Å². The Balaban J connectivity index is 1.17. The van der Waals surface area contributed by atoms with E-state index < -0.39 is 11.9 Å². The zero-order valence-corrected chi connectivity index (χ0v) is 27.8. The molecule has 46 heavy (non-hydrogen) atoms. The summed E-state index contributed by atoms with van der Waals surface area (Å²) in [4.78, 5) is 48.1. The standard InChI is InChI=1S/C32H28BrCl2N7O4/c1-19-29(33)42-13-5-9-26(30(42)39-19)46-18-23-24(34)10-11-25(28(23)35)41(2)27(43)17-38-32(45)40-22-8-3-7-21(14-22)31(44)37-16-20-6-4-12-36-15-20/h3-15H,16-18H2,1-2H3,(H,37,44)(H2,38,40,45). The smallest absolute Gasteiger partial charge is 0.319 e. The van der Waals surface area contributed by atoms with Gasteiger partial charge in [-0.3, -0.25) is 19.0 Å². The number of anilines is 2. The highest BCUT2D eigenvalue weighted by Crippen LogP contribution is 2.35. The fraction of sp³-hybridized carbons (Fsp3) is 0.156. The Labute approximate surface area is 283 Å². The van der Waals surface area contributed by atoms with Crippen molar-refractivity contribution in [1.82, 2.24) is 25.0 Å². The molecule has 11 nitrogen and oxygen atoms in total. The van der Waals surface area contributed by atoms with Crippen LogP contribution in [0.15, 0.2) is 83.9 Å². The molecule has 3 N–H and O–H groups in total. The van der Waals surface area contributed by atoms with E-state index in [9.17, 15) is 14.4 Å². The summed E-state index contributed by atoms with van der Waals surface area (Å²) >= 11 is 16.7. The zero-order chi connectivity index (χ0) is 32.8. The highest BCUT2D eigenvalue weighted by atomic mass is 79.9. The van der Waals surface area contributed by atoms with Crippen LogP contribution >= 0.6 is 39.1 Å². The second-order valence-corrected chi connectivity index (χ2v) is 11.6. The maximum atomic E-state index is 13.0. The van der Waals surface area contributed by atoms with Crippen molar-refractivity contribution in [2.24, 2.45) is 0 Å². The third-order valence-electron chi connectivity index (χ3n) is 6.95. The van der Waals surface area contributed by atoms with Crippen molar-refractivity contribution in [3.63, 3.8) is 0 Å². The van der Waals surface area contributed by atoms with Gasteiger partial charge in [-0.25, -0.2) is 9.78 Å². The average Bonchev–Trinajstić information content (AvgIpc) is 3.36. The molecule has 5 aromatic rings. The Hall–Kier alpha value is -4.65. The topological polar surface area (TPSA) is 130 Å². The number of carbonyl (C=O) groups is 3. The third-order valence-corrected chi connectivity index (χ3v) is 8.68. The van der Waals surface area contributed by atoms with Gasteiger partial charge in [-0.1, -0.05) is 35.3 Å². The number of ether oxygens (including phenoxy) is 1. The molecule has 0 unspecified atom stereocenters. The van der Waals surface area contributed by atoms with Crippen molar-refractivity contribution in [3.05, 3.63) is 116 Å². The molecule has 3 heterocycles. The van der Waals surface area contributed by atoms with Crippen LogP contribution in [0.4, 0.5) is 16.2 Å². The lowest BCUT2D eigenvalue weighted by molar-refractivity contribution is -0.117. The van der Waals surface area contributed by atoms with Gasteiger partial charge < -0.3 is 25.6 Å². The molecule has 0 aliphatic carbocycles. The normalized spacial score (nSPS) is 10.8. The second kappa shape index (κ2) is 14.6. The molecule has 0 fully saturated rings. The molecule has 0 radical (unpaired) electrons. The molecule has 0 spiro atoms. The predicted molar refractivity (Wildman–Crippen MR) is 181 cm³/mol. The molecule has 2 aromatic carbocycles. The molecule has 0 atom stereocenters. The largest absolute Gasteiger partial charge is 0.485 e. The van der Waals surface area contributed by atoms with Crippen molar-refractivity contribution < 1.29 is 19.1 Å². The number of halogens is 3.